The molecule has 1 heterocycles. The zero-order valence-corrected chi connectivity index (χ0v) is 11.6. The summed E-state index contributed by atoms with van der Waals surface area (Å²) in [5.74, 6) is 1.29. The lowest BCUT2D eigenvalue weighted by molar-refractivity contribution is 0.101. The molecule has 0 aliphatic heterocycles. The Balaban J connectivity index is 2.45. The Morgan fingerprint density at radius 1 is 1.50 bits per heavy atom. The van der Waals surface area contributed by atoms with E-state index in [-0.39, 0.29) is 5.78 Å². The van der Waals surface area contributed by atoms with Crippen molar-refractivity contribution in [1.29, 1.82) is 0 Å². The Bertz CT molecular complexity index is 350. The van der Waals surface area contributed by atoms with Gasteiger partial charge in [-0.15, -0.1) is 0 Å². The van der Waals surface area contributed by atoms with Crippen LogP contribution in [0.15, 0.2) is 0 Å². The molecule has 0 amide bonds. The highest BCUT2D eigenvalue weighted by atomic mass is 32.2. The number of anilines is 1. The average Bonchev–Trinajstić information content (AvgIpc) is 2.59. The molecule has 1 aromatic rings. The molecular formula is C11H18N2OS2. The largest absolute Gasteiger partial charge is 0.375 e. The third-order valence-corrected chi connectivity index (χ3v) is 3.87. The van der Waals surface area contributed by atoms with Crippen LogP contribution in [0.1, 0.15) is 35.8 Å². The normalized spacial score (nSPS) is 10.4. The predicted octanol–water partition coefficient (Wildman–Crippen LogP) is 3.21. The molecular weight excluding hydrogens is 240 g/mol. The van der Waals surface area contributed by atoms with Crippen molar-refractivity contribution in [2.24, 2.45) is 0 Å². The van der Waals surface area contributed by atoms with Gasteiger partial charge in [-0.25, -0.2) is 0 Å². The number of carbonyl (C=O) groups excluding carboxylic acids is 1. The maximum absolute atomic E-state index is 11.4. The van der Waals surface area contributed by atoms with E-state index in [4.69, 9.17) is 0 Å². The van der Waals surface area contributed by atoms with Gasteiger partial charge in [0, 0.05) is 6.54 Å². The van der Waals surface area contributed by atoms with Crippen molar-refractivity contribution in [3.8, 4) is 0 Å². The summed E-state index contributed by atoms with van der Waals surface area (Å²) in [7, 11) is 0. The number of aryl methyl sites for hydroxylation is 1. The number of carbonyl (C=O) groups is 1. The Hall–Kier alpha value is -0.550. The summed E-state index contributed by atoms with van der Waals surface area (Å²) in [5.41, 5.74) is 1.60. The molecule has 0 radical (unpaired) electrons. The summed E-state index contributed by atoms with van der Waals surface area (Å²) < 4.78 is 4.21. The summed E-state index contributed by atoms with van der Waals surface area (Å²) >= 11 is 3.25. The maximum Gasteiger partial charge on any atom is 0.164 e. The van der Waals surface area contributed by atoms with Gasteiger partial charge in [0.15, 0.2) is 5.78 Å². The van der Waals surface area contributed by atoms with Crippen molar-refractivity contribution in [2.75, 3.05) is 23.9 Å². The number of hydrogen-bond acceptors (Lipinski definition) is 5. The van der Waals surface area contributed by atoms with E-state index >= 15 is 0 Å². The third-order valence-electron chi connectivity index (χ3n) is 2.28. The second-order valence-electron chi connectivity index (χ2n) is 3.65. The molecule has 0 aromatic carbocycles. The first-order valence-electron chi connectivity index (χ1n) is 5.36. The summed E-state index contributed by atoms with van der Waals surface area (Å²) in [5, 5.41) is 4.23. The fourth-order valence-corrected chi connectivity index (χ4v) is 2.84. The third kappa shape index (κ3) is 3.79. The van der Waals surface area contributed by atoms with Crippen molar-refractivity contribution in [3.05, 3.63) is 11.3 Å². The van der Waals surface area contributed by atoms with Crippen LogP contribution in [0.3, 0.4) is 0 Å². The fraction of sp³-hybridized carbons (Fsp3) is 0.636. The summed E-state index contributed by atoms with van der Waals surface area (Å²) in [6, 6.07) is 0. The lowest BCUT2D eigenvalue weighted by atomic mass is 10.2. The number of ketones is 1. The molecule has 0 saturated carbocycles. The maximum atomic E-state index is 11.4. The van der Waals surface area contributed by atoms with Crippen LogP contribution in [0, 0.1) is 6.92 Å². The van der Waals surface area contributed by atoms with Crippen LogP contribution in [0.25, 0.3) is 0 Å². The van der Waals surface area contributed by atoms with E-state index in [0.717, 1.165) is 29.2 Å². The average molecular weight is 258 g/mol. The van der Waals surface area contributed by atoms with Crippen LogP contribution in [-0.4, -0.2) is 28.7 Å². The number of Topliss-reactive ketones (excluding diaryl/α,β-unsaturated/α-hetero) is 1. The Kier molecular flexibility index (Phi) is 5.84. The fourth-order valence-electron chi connectivity index (χ4n) is 1.48. The Morgan fingerprint density at radius 2 is 2.25 bits per heavy atom. The molecule has 0 saturated heterocycles. The van der Waals surface area contributed by atoms with Gasteiger partial charge in [-0.2, -0.15) is 16.1 Å². The van der Waals surface area contributed by atoms with Gasteiger partial charge in [-0.05, 0) is 50.2 Å². The van der Waals surface area contributed by atoms with Crippen LogP contribution in [0.5, 0.6) is 0 Å². The second kappa shape index (κ2) is 6.91. The number of hydrogen-bond donors (Lipinski definition) is 1. The molecule has 90 valence electrons. The first-order chi connectivity index (χ1) is 7.66. The highest BCUT2D eigenvalue weighted by molar-refractivity contribution is 7.98. The van der Waals surface area contributed by atoms with Crippen LogP contribution < -0.4 is 5.32 Å². The second-order valence-corrected chi connectivity index (χ2v) is 5.41. The first kappa shape index (κ1) is 13.5. The smallest absolute Gasteiger partial charge is 0.164 e. The molecule has 0 unspecified atom stereocenters. The molecule has 3 nitrogen and oxygen atoms in total. The van der Waals surface area contributed by atoms with Gasteiger partial charge < -0.3 is 5.32 Å². The van der Waals surface area contributed by atoms with Gasteiger partial charge in [0.25, 0.3) is 0 Å². The van der Waals surface area contributed by atoms with E-state index in [2.05, 4.69) is 15.9 Å². The molecule has 1 rings (SSSR count). The van der Waals surface area contributed by atoms with Crippen molar-refractivity contribution in [2.45, 2.75) is 26.7 Å². The molecule has 5 heteroatoms. The minimum atomic E-state index is 0.0952. The number of thioether (sulfide) groups is 1. The van der Waals surface area contributed by atoms with E-state index in [1.54, 1.807) is 6.92 Å². The van der Waals surface area contributed by atoms with Crippen LogP contribution in [0.2, 0.25) is 0 Å². The van der Waals surface area contributed by atoms with E-state index < -0.39 is 0 Å². The highest BCUT2D eigenvalue weighted by Gasteiger charge is 2.13. The van der Waals surface area contributed by atoms with Gasteiger partial charge in [0.1, 0.15) is 5.00 Å². The SMILES string of the molecule is CSCCCCNc1snc(C)c1C(C)=O. The number of aromatic nitrogens is 1. The van der Waals surface area contributed by atoms with E-state index in [1.165, 1.54) is 23.7 Å². The zero-order chi connectivity index (χ0) is 12.0. The molecule has 0 atom stereocenters. The van der Waals surface area contributed by atoms with Gasteiger partial charge in [-0.3, -0.25) is 4.79 Å². The summed E-state index contributed by atoms with van der Waals surface area (Å²) in [4.78, 5) is 11.4. The van der Waals surface area contributed by atoms with Crippen molar-refractivity contribution < 1.29 is 4.79 Å². The first-order valence-corrected chi connectivity index (χ1v) is 7.53. The van der Waals surface area contributed by atoms with Crippen LogP contribution in [0.4, 0.5) is 5.00 Å². The molecule has 1 N–H and O–H groups in total. The van der Waals surface area contributed by atoms with Gasteiger partial charge >= 0.3 is 0 Å². The molecule has 16 heavy (non-hydrogen) atoms. The van der Waals surface area contributed by atoms with Crippen molar-refractivity contribution >= 4 is 34.1 Å². The minimum Gasteiger partial charge on any atom is -0.375 e. The number of unbranched alkanes of at least 4 members (excludes halogenated alkanes) is 1. The Morgan fingerprint density at radius 3 is 2.88 bits per heavy atom. The predicted molar refractivity (Wildman–Crippen MR) is 73.0 cm³/mol. The van der Waals surface area contributed by atoms with E-state index in [1.807, 2.05) is 18.7 Å². The molecule has 0 fully saturated rings. The van der Waals surface area contributed by atoms with Gasteiger partial charge in [0.05, 0.1) is 11.3 Å². The molecule has 0 aliphatic carbocycles. The lowest BCUT2D eigenvalue weighted by Crippen LogP contribution is -2.04. The molecule has 0 aliphatic rings. The lowest BCUT2D eigenvalue weighted by Gasteiger charge is -2.04. The topological polar surface area (TPSA) is 42.0 Å². The van der Waals surface area contributed by atoms with E-state index in [9.17, 15) is 4.79 Å². The summed E-state index contributed by atoms with van der Waals surface area (Å²) in [6.07, 6.45) is 4.46. The minimum absolute atomic E-state index is 0.0952. The van der Waals surface area contributed by atoms with E-state index in [0.29, 0.717) is 0 Å². The number of nitrogens with zero attached hydrogens (tertiary/aromatic N) is 1. The van der Waals surface area contributed by atoms with Gasteiger partial charge in [-0.1, -0.05) is 0 Å². The number of nitrogens with one attached hydrogen (secondary N) is 1. The van der Waals surface area contributed by atoms with Crippen molar-refractivity contribution in [1.82, 2.24) is 4.37 Å². The Labute approximate surface area is 105 Å². The molecule has 0 spiro atoms. The van der Waals surface area contributed by atoms with Crippen LogP contribution >= 0.6 is 23.3 Å². The highest BCUT2D eigenvalue weighted by Crippen LogP contribution is 2.24. The molecule has 0 bridgehead atoms. The summed E-state index contributed by atoms with van der Waals surface area (Å²) in [6.45, 7) is 4.39. The monoisotopic (exact) mass is 258 g/mol. The zero-order valence-electron chi connectivity index (χ0n) is 10.0. The standard InChI is InChI=1S/C11H18N2OS2/c1-8-10(9(2)14)11(16-13-8)12-6-4-5-7-15-3/h12H,4-7H2,1-3H3. The van der Waals surface area contributed by atoms with Crippen LogP contribution in [-0.2, 0) is 0 Å². The van der Waals surface area contributed by atoms with Crippen molar-refractivity contribution in [3.63, 3.8) is 0 Å². The number of rotatable bonds is 7. The molecule has 1 aromatic heterocycles. The quantitative estimate of drug-likeness (QED) is 0.602. The van der Waals surface area contributed by atoms with Gasteiger partial charge in [0.2, 0.25) is 0 Å².